The number of rotatable bonds is 6. The van der Waals surface area contributed by atoms with Crippen LogP contribution in [0.5, 0.6) is 0 Å². The normalized spacial score (nSPS) is 27.7. The summed E-state index contributed by atoms with van der Waals surface area (Å²) < 4.78 is 0. The van der Waals surface area contributed by atoms with Gasteiger partial charge in [0.05, 0.1) is 0 Å². The fourth-order valence-corrected chi connectivity index (χ4v) is 3.14. The SMILES string of the molecule is C=CC1CC(C=C)C(C[N-]C(C)(C)C)C1C[N-]C(C)(C)C.[Li+].[Li+]. The van der Waals surface area contributed by atoms with Gasteiger partial charge < -0.3 is 10.6 Å². The Kier molecular flexibility index (Phi) is 11.9. The van der Waals surface area contributed by atoms with E-state index in [1.807, 2.05) is 0 Å². The molecule has 0 aromatic carbocycles. The van der Waals surface area contributed by atoms with Crippen LogP contribution in [-0.4, -0.2) is 24.2 Å². The van der Waals surface area contributed by atoms with Gasteiger partial charge in [-0.2, -0.15) is 0 Å². The Bertz CT molecular complexity index is 321. The van der Waals surface area contributed by atoms with Crippen molar-refractivity contribution < 1.29 is 37.7 Å². The van der Waals surface area contributed by atoms with E-state index in [-0.39, 0.29) is 48.8 Å². The molecule has 122 valence electrons. The van der Waals surface area contributed by atoms with Crippen LogP contribution in [0, 0.1) is 23.7 Å². The summed E-state index contributed by atoms with van der Waals surface area (Å²) in [6.07, 6.45) is 5.40. The van der Waals surface area contributed by atoms with Gasteiger partial charge in [-0.3, -0.25) is 0 Å². The third-order valence-electron chi connectivity index (χ3n) is 4.35. The van der Waals surface area contributed by atoms with Crippen LogP contribution in [0.15, 0.2) is 25.3 Å². The topological polar surface area (TPSA) is 28.2 Å². The van der Waals surface area contributed by atoms with E-state index in [0.717, 1.165) is 19.5 Å². The third-order valence-corrected chi connectivity index (χ3v) is 4.35. The average Bonchev–Trinajstić information content (AvgIpc) is 2.69. The molecule has 0 aliphatic heterocycles. The van der Waals surface area contributed by atoms with Crippen LogP contribution in [0.25, 0.3) is 10.6 Å². The summed E-state index contributed by atoms with van der Waals surface area (Å²) in [5, 5.41) is 9.75. The molecule has 0 aromatic heterocycles. The molecule has 0 heterocycles. The van der Waals surface area contributed by atoms with Crippen molar-refractivity contribution in [2.24, 2.45) is 23.7 Å². The van der Waals surface area contributed by atoms with Gasteiger partial charge in [0.1, 0.15) is 0 Å². The maximum Gasteiger partial charge on any atom is 1.00 e. The summed E-state index contributed by atoms with van der Waals surface area (Å²) >= 11 is 0. The fraction of sp³-hybridized carbons (Fsp3) is 0.789. The Morgan fingerprint density at radius 2 is 1.09 bits per heavy atom. The van der Waals surface area contributed by atoms with Gasteiger partial charge in [0.2, 0.25) is 0 Å². The fourth-order valence-electron chi connectivity index (χ4n) is 3.14. The van der Waals surface area contributed by atoms with Gasteiger partial charge >= 0.3 is 37.7 Å². The van der Waals surface area contributed by atoms with Crippen molar-refractivity contribution in [1.29, 1.82) is 0 Å². The van der Waals surface area contributed by atoms with Gasteiger partial charge in [0.15, 0.2) is 0 Å². The molecular formula is C19H34Li2N2. The molecule has 4 atom stereocenters. The molecule has 0 N–H and O–H groups in total. The predicted octanol–water partition coefficient (Wildman–Crippen LogP) is -0.421. The molecule has 1 saturated carbocycles. The van der Waals surface area contributed by atoms with E-state index in [1.54, 1.807) is 0 Å². The summed E-state index contributed by atoms with van der Waals surface area (Å²) in [6.45, 7) is 22.9. The molecule has 1 aliphatic carbocycles. The zero-order valence-electron chi connectivity index (χ0n) is 16.9. The van der Waals surface area contributed by atoms with Gasteiger partial charge in [0.25, 0.3) is 0 Å². The zero-order valence-corrected chi connectivity index (χ0v) is 16.9. The van der Waals surface area contributed by atoms with E-state index in [4.69, 9.17) is 10.6 Å². The van der Waals surface area contributed by atoms with Crippen LogP contribution in [0.3, 0.4) is 0 Å². The van der Waals surface area contributed by atoms with Crippen LogP contribution in [-0.2, 0) is 0 Å². The molecule has 23 heavy (non-hydrogen) atoms. The first-order valence-electron chi connectivity index (χ1n) is 8.20. The molecule has 1 aliphatic rings. The van der Waals surface area contributed by atoms with Crippen molar-refractivity contribution in [2.45, 2.75) is 59.0 Å². The summed E-state index contributed by atoms with van der Waals surface area (Å²) in [6, 6.07) is 0. The first-order chi connectivity index (χ1) is 9.57. The van der Waals surface area contributed by atoms with Crippen LogP contribution in [0.2, 0.25) is 0 Å². The Hall–Kier alpha value is 0.595. The minimum Gasteiger partial charge on any atom is -0.657 e. The maximum absolute atomic E-state index is 4.88. The van der Waals surface area contributed by atoms with E-state index < -0.39 is 0 Å². The zero-order chi connectivity index (χ0) is 16.3. The van der Waals surface area contributed by atoms with Crippen LogP contribution in [0.1, 0.15) is 48.0 Å². The average molecular weight is 304 g/mol. The van der Waals surface area contributed by atoms with Crippen molar-refractivity contribution in [3.8, 4) is 0 Å². The van der Waals surface area contributed by atoms with E-state index in [9.17, 15) is 0 Å². The molecule has 0 saturated heterocycles. The summed E-state index contributed by atoms with van der Waals surface area (Å²) in [7, 11) is 0. The van der Waals surface area contributed by atoms with Gasteiger partial charge in [-0.1, -0.05) is 65.5 Å². The van der Waals surface area contributed by atoms with Gasteiger partial charge in [-0.15, -0.1) is 37.3 Å². The van der Waals surface area contributed by atoms with Crippen LogP contribution >= 0.6 is 0 Å². The van der Waals surface area contributed by atoms with E-state index in [2.05, 4.69) is 66.9 Å². The van der Waals surface area contributed by atoms with Crippen molar-refractivity contribution in [1.82, 2.24) is 0 Å². The molecule has 0 bridgehead atoms. The number of hydrogen-bond donors (Lipinski definition) is 0. The first-order valence-corrected chi connectivity index (χ1v) is 8.20. The number of nitrogens with zero attached hydrogens (tertiary/aromatic N) is 2. The summed E-state index contributed by atoms with van der Waals surface area (Å²) in [5.74, 6) is 2.19. The second kappa shape index (κ2) is 10.6. The number of allylic oxidation sites excluding steroid dienone is 2. The second-order valence-electron chi connectivity index (χ2n) is 8.39. The minimum absolute atomic E-state index is 0. The number of hydrogen-bond acceptors (Lipinski definition) is 0. The van der Waals surface area contributed by atoms with E-state index >= 15 is 0 Å². The molecule has 1 rings (SSSR count). The Labute approximate surface area is 169 Å². The van der Waals surface area contributed by atoms with Gasteiger partial charge in [-0.05, 0) is 18.3 Å². The molecule has 1 fully saturated rings. The van der Waals surface area contributed by atoms with Crippen LogP contribution in [0.4, 0.5) is 0 Å². The van der Waals surface area contributed by atoms with Crippen molar-refractivity contribution >= 4 is 0 Å². The molecular weight excluding hydrogens is 270 g/mol. The standard InChI is InChI=1S/C19H34N2.2Li/c1-9-14-11-15(10-2)17(13-21-19(6,7)8)16(14)12-20-18(3,4)5;;/h9-10,14-17H,1-2,11-13H2,3-8H3;;/q-2;2*+1. The first kappa shape index (κ1) is 25.8. The minimum atomic E-state index is 0. The Morgan fingerprint density at radius 1 is 0.783 bits per heavy atom. The van der Waals surface area contributed by atoms with Gasteiger partial charge in [0, 0.05) is 0 Å². The van der Waals surface area contributed by atoms with Crippen molar-refractivity contribution in [3.05, 3.63) is 35.9 Å². The molecule has 0 aromatic rings. The molecule has 0 amide bonds. The van der Waals surface area contributed by atoms with Crippen molar-refractivity contribution in [3.63, 3.8) is 0 Å². The molecule has 4 unspecified atom stereocenters. The second-order valence-corrected chi connectivity index (χ2v) is 8.39. The molecule has 2 nitrogen and oxygen atoms in total. The third kappa shape index (κ3) is 9.02. The smallest absolute Gasteiger partial charge is 0.657 e. The Balaban J connectivity index is 0. The monoisotopic (exact) mass is 304 g/mol. The molecule has 0 radical (unpaired) electrons. The Morgan fingerprint density at radius 3 is 1.30 bits per heavy atom. The quantitative estimate of drug-likeness (QED) is 0.471. The van der Waals surface area contributed by atoms with E-state index in [1.165, 1.54) is 0 Å². The summed E-state index contributed by atoms with van der Waals surface area (Å²) in [5.41, 5.74) is 0.0629. The molecule has 4 heteroatoms. The maximum atomic E-state index is 4.88. The largest absolute Gasteiger partial charge is 1.00 e. The molecule has 0 spiro atoms. The van der Waals surface area contributed by atoms with Crippen molar-refractivity contribution in [2.75, 3.05) is 13.1 Å². The predicted molar refractivity (Wildman–Crippen MR) is 94.9 cm³/mol. The van der Waals surface area contributed by atoms with Crippen LogP contribution < -0.4 is 37.7 Å². The van der Waals surface area contributed by atoms with E-state index in [0.29, 0.717) is 23.7 Å². The van der Waals surface area contributed by atoms with Gasteiger partial charge in [-0.25, -0.2) is 0 Å². The summed E-state index contributed by atoms with van der Waals surface area (Å²) in [4.78, 5) is 0.